The molecule has 146 valence electrons. The number of benzene rings is 2. The van der Waals surface area contributed by atoms with E-state index in [4.69, 9.17) is 27.9 Å². The quantitative estimate of drug-likeness (QED) is 0.551. The Balaban J connectivity index is 1.58. The molecule has 1 aromatic heterocycles. The van der Waals surface area contributed by atoms with Gasteiger partial charge in [-0.05, 0) is 42.5 Å². The standard InChI is InChI=1S/C17H13Cl2N3O4S2/c18-11-1-6-15(14(19)9-11)26-10-16(23)21-12-2-4-13(5-3-12)28(24,25)22-17-20-7-8-27-17/h1-9H,10H2,(H,20,22)(H,21,23). The van der Waals surface area contributed by atoms with Crippen LogP contribution in [-0.2, 0) is 14.8 Å². The number of carbonyl (C=O) groups is 1. The fourth-order valence-electron chi connectivity index (χ4n) is 2.10. The molecule has 2 aromatic carbocycles. The fraction of sp³-hybridized carbons (Fsp3) is 0.0588. The van der Waals surface area contributed by atoms with Crippen molar-refractivity contribution in [3.8, 4) is 5.75 Å². The van der Waals surface area contributed by atoms with Gasteiger partial charge in [-0.15, -0.1) is 11.3 Å². The van der Waals surface area contributed by atoms with Gasteiger partial charge in [-0.3, -0.25) is 9.52 Å². The number of carbonyl (C=O) groups excluding carboxylic acids is 1. The Kier molecular flexibility index (Phi) is 6.40. The normalized spacial score (nSPS) is 11.1. The van der Waals surface area contributed by atoms with E-state index in [0.717, 1.165) is 0 Å². The number of nitrogens with one attached hydrogen (secondary N) is 2. The van der Waals surface area contributed by atoms with Gasteiger partial charge in [0.25, 0.3) is 15.9 Å². The summed E-state index contributed by atoms with van der Waals surface area (Å²) >= 11 is 13.0. The molecule has 11 heteroatoms. The molecule has 0 unspecified atom stereocenters. The highest BCUT2D eigenvalue weighted by Crippen LogP contribution is 2.27. The number of anilines is 2. The van der Waals surface area contributed by atoms with E-state index in [2.05, 4.69) is 15.0 Å². The molecular weight excluding hydrogens is 445 g/mol. The van der Waals surface area contributed by atoms with Gasteiger partial charge in [0, 0.05) is 22.3 Å². The summed E-state index contributed by atoms with van der Waals surface area (Å²) < 4.78 is 32.3. The van der Waals surface area contributed by atoms with Crippen LogP contribution < -0.4 is 14.8 Å². The number of hydrogen-bond acceptors (Lipinski definition) is 6. The van der Waals surface area contributed by atoms with Crippen LogP contribution >= 0.6 is 34.5 Å². The molecule has 7 nitrogen and oxygen atoms in total. The van der Waals surface area contributed by atoms with Crippen LogP contribution in [0.25, 0.3) is 0 Å². The lowest BCUT2D eigenvalue weighted by Gasteiger charge is -2.10. The third-order valence-electron chi connectivity index (χ3n) is 3.36. The lowest BCUT2D eigenvalue weighted by atomic mass is 10.3. The third-order valence-corrected chi connectivity index (χ3v) is 6.06. The molecule has 1 heterocycles. The zero-order valence-corrected chi connectivity index (χ0v) is 17.2. The van der Waals surface area contributed by atoms with Gasteiger partial charge in [0.2, 0.25) is 0 Å². The zero-order chi connectivity index (χ0) is 20.1. The molecule has 28 heavy (non-hydrogen) atoms. The summed E-state index contributed by atoms with van der Waals surface area (Å²) in [7, 11) is -3.75. The highest BCUT2D eigenvalue weighted by atomic mass is 35.5. The van der Waals surface area contributed by atoms with Crippen LogP contribution in [0.5, 0.6) is 5.75 Å². The van der Waals surface area contributed by atoms with E-state index >= 15 is 0 Å². The lowest BCUT2D eigenvalue weighted by Crippen LogP contribution is -2.20. The van der Waals surface area contributed by atoms with Crippen LogP contribution in [0.4, 0.5) is 10.8 Å². The molecule has 3 aromatic rings. The number of sulfonamides is 1. The maximum atomic E-state index is 12.3. The van der Waals surface area contributed by atoms with Gasteiger partial charge in [0.15, 0.2) is 11.7 Å². The number of ether oxygens (including phenoxy) is 1. The van der Waals surface area contributed by atoms with Crippen molar-refractivity contribution in [3.05, 3.63) is 64.1 Å². The molecule has 0 saturated heterocycles. The number of nitrogens with zero attached hydrogens (tertiary/aromatic N) is 1. The molecule has 0 saturated carbocycles. The summed E-state index contributed by atoms with van der Waals surface area (Å²) in [4.78, 5) is 15.9. The van der Waals surface area contributed by atoms with Crippen molar-refractivity contribution in [2.75, 3.05) is 16.6 Å². The first-order chi connectivity index (χ1) is 13.3. The topological polar surface area (TPSA) is 97.4 Å². The minimum Gasteiger partial charge on any atom is -0.482 e. The minimum absolute atomic E-state index is 0.0462. The number of hydrogen-bond donors (Lipinski definition) is 2. The SMILES string of the molecule is O=C(COc1ccc(Cl)cc1Cl)Nc1ccc(S(=O)(=O)Nc2nccs2)cc1. The van der Waals surface area contributed by atoms with Crippen molar-refractivity contribution in [1.82, 2.24) is 4.98 Å². The molecule has 2 N–H and O–H groups in total. The molecule has 0 radical (unpaired) electrons. The van der Waals surface area contributed by atoms with Crippen molar-refractivity contribution in [1.29, 1.82) is 0 Å². The Morgan fingerprint density at radius 1 is 1.14 bits per heavy atom. The first-order valence-electron chi connectivity index (χ1n) is 7.73. The number of thiazole rings is 1. The van der Waals surface area contributed by atoms with Crippen LogP contribution in [0.15, 0.2) is 58.9 Å². The third kappa shape index (κ3) is 5.35. The van der Waals surface area contributed by atoms with Gasteiger partial charge in [-0.25, -0.2) is 13.4 Å². The summed E-state index contributed by atoms with van der Waals surface area (Å²) in [6.45, 7) is -0.271. The predicted octanol–water partition coefficient (Wildman–Crippen LogP) is 4.27. The van der Waals surface area contributed by atoms with Crippen molar-refractivity contribution in [3.63, 3.8) is 0 Å². The van der Waals surface area contributed by atoms with Gasteiger partial charge < -0.3 is 10.1 Å². The molecule has 0 aliphatic heterocycles. The van der Waals surface area contributed by atoms with E-state index in [1.165, 1.54) is 47.9 Å². The summed E-state index contributed by atoms with van der Waals surface area (Å²) in [5.41, 5.74) is 0.420. The van der Waals surface area contributed by atoms with Crippen LogP contribution in [0.3, 0.4) is 0 Å². The van der Waals surface area contributed by atoms with Gasteiger partial charge in [0.1, 0.15) is 5.75 Å². The molecule has 1 amide bonds. The summed E-state index contributed by atoms with van der Waals surface area (Å²) in [6, 6.07) is 10.4. The van der Waals surface area contributed by atoms with Crippen molar-refractivity contribution in [2.24, 2.45) is 0 Å². The molecule has 0 aliphatic rings. The predicted molar refractivity (Wildman–Crippen MR) is 110 cm³/mol. The highest BCUT2D eigenvalue weighted by molar-refractivity contribution is 7.93. The fourth-order valence-corrected chi connectivity index (χ4v) is 4.35. The second-order valence-electron chi connectivity index (χ2n) is 5.38. The van der Waals surface area contributed by atoms with Crippen LogP contribution in [0.1, 0.15) is 0 Å². The average Bonchev–Trinajstić information content (AvgIpc) is 3.14. The Labute approximate surface area is 175 Å². The summed E-state index contributed by atoms with van der Waals surface area (Å²) in [5, 5.41) is 5.30. The smallest absolute Gasteiger partial charge is 0.263 e. The Bertz CT molecular complexity index is 1070. The number of amides is 1. The second-order valence-corrected chi connectivity index (χ2v) is 8.80. The molecular formula is C17H13Cl2N3O4S2. The summed E-state index contributed by atoms with van der Waals surface area (Å²) in [6.07, 6.45) is 1.50. The largest absolute Gasteiger partial charge is 0.482 e. The van der Waals surface area contributed by atoms with E-state index in [0.29, 0.717) is 21.5 Å². The van der Waals surface area contributed by atoms with Crippen molar-refractivity contribution < 1.29 is 17.9 Å². The van der Waals surface area contributed by atoms with Crippen LogP contribution in [0, 0.1) is 0 Å². The second kappa shape index (κ2) is 8.78. The van der Waals surface area contributed by atoms with E-state index in [9.17, 15) is 13.2 Å². The zero-order valence-electron chi connectivity index (χ0n) is 14.1. The van der Waals surface area contributed by atoms with E-state index in [1.807, 2.05) is 0 Å². The lowest BCUT2D eigenvalue weighted by molar-refractivity contribution is -0.118. The first-order valence-corrected chi connectivity index (χ1v) is 10.9. The Morgan fingerprint density at radius 3 is 2.54 bits per heavy atom. The van der Waals surface area contributed by atoms with Gasteiger partial charge in [-0.2, -0.15) is 0 Å². The van der Waals surface area contributed by atoms with Crippen LogP contribution in [-0.4, -0.2) is 25.9 Å². The molecule has 0 fully saturated rings. The maximum Gasteiger partial charge on any atom is 0.263 e. The summed E-state index contributed by atoms with van der Waals surface area (Å²) in [5.74, 6) is -0.0987. The van der Waals surface area contributed by atoms with Crippen molar-refractivity contribution >= 4 is 61.3 Å². The maximum absolute atomic E-state index is 12.3. The molecule has 0 atom stereocenters. The number of aromatic nitrogens is 1. The molecule has 0 aliphatic carbocycles. The Hall–Kier alpha value is -2.33. The molecule has 3 rings (SSSR count). The van der Waals surface area contributed by atoms with E-state index < -0.39 is 15.9 Å². The van der Waals surface area contributed by atoms with Gasteiger partial charge in [0.05, 0.1) is 9.92 Å². The van der Waals surface area contributed by atoms with E-state index in [-0.39, 0.29) is 16.6 Å². The highest BCUT2D eigenvalue weighted by Gasteiger charge is 2.15. The first kappa shape index (κ1) is 20.4. The minimum atomic E-state index is -3.75. The van der Waals surface area contributed by atoms with Gasteiger partial charge in [-0.1, -0.05) is 23.2 Å². The van der Waals surface area contributed by atoms with Crippen molar-refractivity contribution in [2.45, 2.75) is 4.90 Å². The molecule has 0 spiro atoms. The average molecular weight is 458 g/mol. The number of rotatable bonds is 7. The Morgan fingerprint density at radius 2 is 1.89 bits per heavy atom. The van der Waals surface area contributed by atoms with Crippen LogP contribution in [0.2, 0.25) is 10.0 Å². The monoisotopic (exact) mass is 457 g/mol. The van der Waals surface area contributed by atoms with E-state index in [1.54, 1.807) is 17.5 Å². The van der Waals surface area contributed by atoms with Gasteiger partial charge >= 0.3 is 0 Å². The number of halogens is 2. The molecule has 0 bridgehead atoms.